The number of carbonyl (C=O) groups is 1. The number of aryl methyl sites for hydroxylation is 1. The van der Waals surface area contributed by atoms with Gasteiger partial charge in [-0.05, 0) is 57.0 Å². The first-order valence-corrected chi connectivity index (χ1v) is 11.8. The van der Waals surface area contributed by atoms with Gasteiger partial charge in [0.1, 0.15) is 0 Å². The molecular weight excluding hydrogens is 412 g/mol. The lowest BCUT2D eigenvalue weighted by Crippen LogP contribution is -2.39. The van der Waals surface area contributed by atoms with Crippen molar-refractivity contribution in [2.24, 2.45) is 5.41 Å². The van der Waals surface area contributed by atoms with Crippen molar-refractivity contribution in [1.29, 1.82) is 0 Å². The number of hydrogen-bond acceptors (Lipinski definition) is 5. The molecule has 1 amide bonds. The average Bonchev–Trinajstić information content (AvgIpc) is 3.49. The van der Waals surface area contributed by atoms with E-state index >= 15 is 0 Å². The van der Waals surface area contributed by atoms with Crippen LogP contribution in [0.1, 0.15) is 54.9 Å². The number of amides is 1. The van der Waals surface area contributed by atoms with Gasteiger partial charge in [0.25, 0.3) is 0 Å². The highest BCUT2D eigenvalue weighted by atomic mass is 16.2. The molecule has 0 radical (unpaired) electrons. The monoisotopic (exact) mass is 444 g/mol. The van der Waals surface area contributed by atoms with Crippen LogP contribution in [0.5, 0.6) is 0 Å². The van der Waals surface area contributed by atoms with Crippen LogP contribution in [0, 0.1) is 12.3 Å². The molecule has 33 heavy (non-hydrogen) atoms. The summed E-state index contributed by atoms with van der Waals surface area (Å²) in [5.74, 6) is 0.334. The van der Waals surface area contributed by atoms with Gasteiger partial charge in [0.05, 0.1) is 23.1 Å². The molecule has 172 valence electrons. The van der Waals surface area contributed by atoms with Crippen LogP contribution in [0.4, 0.5) is 0 Å². The quantitative estimate of drug-likeness (QED) is 0.581. The van der Waals surface area contributed by atoms with Crippen LogP contribution in [-0.2, 0) is 17.9 Å². The topological polar surface area (TPSA) is 67.2 Å². The molecule has 2 saturated heterocycles. The van der Waals surface area contributed by atoms with E-state index in [1.807, 2.05) is 36.4 Å². The highest BCUT2D eigenvalue weighted by Crippen LogP contribution is 2.50. The fourth-order valence-electron chi connectivity index (χ4n) is 5.42. The van der Waals surface area contributed by atoms with Crippen LogP contribution in [0.15, 0.2) is 55.2 Å². The second-order valence-corrected chi connectivity index (χ2v) is 9.82. The second-order valence-electron chi connectivity index (χ2n) is 9.82. The maximum absolute atomic E-state index is 13.9. The van der Waals surface area contributed by atoms with Gasteiger partial charge < -0.3 is 9.47 Å². The fourth-order valence-corrected chi connectivity index (χ4v) is 5.42. The number of nitrogens with zero attached hydrogens (tertiary/aromatic N) is 6. The smallest absolute Gasteiger partial charge is 0.231 e. The van der Waals surface area contributed by atoms with Crippen molar-refractivity contribution in [3.8, 4) is 0 Å². The fraction of sp³-hybridized carbons (Fsp3) is 0.462. The van der Waals surface area contributed by atoms with E-state index in [4.69, 9.17) is 9.97 Å². The van der Waals surface area contributed by atoms with Crippen molar-refractivity contribution < 1.29 is 4.79 Å². The minimum absolute atomic E-state index is 0.0808. The second kappa shape index (κ2) is 8.71. The molecule has 5 heterocycles. The van der Waals surface area contributed by atoms with Gasteiger partial charge in [-0.3, -0.25) is 19.7 Å². The Morgan fingerprint density at radius 3 is 2.70 bits per heavy atom. The minimum Gasteiger partial charge on any atom is -0.338 e. The minimum atomic E-state index is -0.437. The van der Waals surface area contributed by atoms with E-state index in [0.29, 0.717) is 12.6 Å². The molecule has 0 N–H and O–H groups in total. The summed E-state index contributed by atoms with van der Waals surface area (Å²) in [6, 6.07) is 10.5. The van der Waals surface area contributed by atoms with E-state index < -0.39 is 5.41 Å². The van der Waals surface area contributed by atoms with E-state index in [2.05, 4.69) is 46.6 Å². The van der Waals surface area contributed by atoms with Gasteiger partial charge in [-0.1, -0.05) is 6.07 Å². The predicted molar refractivity (Wildman–Crippen MR) is 126 cm³/mol. The number of likely N-dealkylation sites (tertiary alicyclic amines) is 2. The van der Waals surface area contributed by atoms with Crippen LogP contribution in [0.2, 0.25) is 0 Å². The Hall–Kier alpha value is -3.06. The summed E-state index contributed by atoms with van der Waals surface area (Å²) in [4.78, 5) is 32.0. The zero-order chi connectivity index (χ0) is 23.0. The number of hydrogen-bond donors (Lipinski definition) is 0. The van der Waals surface area contributed by atoms with Crippen LogP contribution in [-0.4, -0.2) is 54.9 Å². The molecule has 7 nitrogen and oxygen atoms in total. The first-order chi connectivity index (χ1) is 15.9. The van der Waals surface area contributed by atoms with Gasteiger partial charge in [-0.25, -0.2) is 4.98 Å². The molecule has 2 atom stereocenters. The molecule has 2 aliphatic heterocycles. The Bertz CT molecular complexity index is 1130. The van der Waals surface area contributed by atoms with E-state index in [0.717, 1.165) is 55.2 Å². The SMILES string of the molecule is Cc1cccc(CN2C[C@@H](c3cn(C(C)C)cn3)[C@]3(CCN(Cc4ccncc4)C3=O)C2)n1. The maximum atomic E-state index is 13.9. The average molecular weight is 445 g/mol. The van der Waals surface area contributed by atoms with Crippen molar-refractivity contribution in [1.82, 2.24) is 29.3 Å². The van der Waals surface area contributed by atoms with Crippen molar-refractivity contribution in [2.45, 2.75) is 52.2 Å². The normalized spacial score (nSPS) is 23.3. The van der Waals surface area contributed by atoms with Gasteiger partial charge in [-0.2, -0.15) is 0 Å². The molecule has 2 aliphatic rings. The lowest BCUT2D eigenvalue weighted by Gasteiger charge is -2.28. The Morgan fingerprint density at radius 1 is 1.15 bits per heavy atom. The molecule has 5 rings (SSSR count). The summed E-state index contributed by atoms with van der Waals surface area (Å²) >= 11 is 0. The van der Waals surface area contributed by atoms with Crippen molar-refractivity contribution in [3.05, 3.63) is 77.9 Å². The molecule has 2 fully saturated rings. The van der Waals surface area contributed by atoms with Crippen molar-refractivity contribution in [3.63, 3.8) is 0 Å². The van der Waals surface area contributed by atoms with Crippen molar-refractivity contribution in [2.75, 3.05) is 19.6 Å². The van der Waals surface area contributed by atoms with Gasteiger partial charge in [0.15, 0.2) is 0 Å². The molecule has 0 unspecified atom stereocenters. The molecule has 0 aromatic carbocycles. The van der Waals surface area contributed by atoms with E-state index in [-0.39, 0.29) is 11.8 Å². The summed E-state index contributed by atoms with van der Waals surface area (Å²) in [5, 5.41) is 0. The first-order valence-electron chi connectivity index (χ1n) is 11.8. The van der Waals surface area contributed by atoms with Gasteiger partial charge in [-0.15, -0.1) is 0 Å². The standard InChI is InChI=1S/C26H32N6O/c1-19(2)32-16-24(28-18-32)23-15-30(14-22-6-4-5-20(3)29-22)17-26(23)9-12-31(25(26)33)13-21-7-10-27-11-8-21/h4-8,10-11,16,18-19,23H,9,12-15,17H2,1-3H3/t23-,26-/m0/s1. The highest BCUT2D eigenvalue weighted by molar-refractivity contribution is 5.86. The summed E-state index contributed by atoms with van der Waals surface area (Å²) in [5.41, 5.74) is 3.79. The van der Waals surface area contributed by atoms with Crippen LogP contribution < -0.4 is 0 Å². The molecule has 3 aromatic heterocycles. The molecule has 1 spiro atoms. The highest BCUT2D eigenvalue weighted by Gasteiger charge is 2.57. The van der Waals surface area contributed by atoms with Crippen LogP contribution in [0.3, 0.4) is 0 Å². The third-order valence-corrected chi connectivity index (χ3v) is 7.18. The zero-order valence-corrected chi connectivity index (χ0v) is 19.7. The number of aromatic nitrogens is 4. The van der Waals surface area contributed by atoms with E-state index in [1.165, 1.54) is 0 Å². The largest absolute Gasteiger partial charge is 0.338 e. The molecule has 3 aromatic rings. The third kappa shape index (κ3) is 4.17. The lowest BCUT2D eigenvalue weighted by atomic mass is 9.75. The first kappa shape index (κ1) is 21.8. The summed E-state index contributed by atoms with van der Waals surface area (Å²) in [7, 11) is 0. The van der Waals surface area contributed by atoms with Crippen LogP contribution in [0.25, 0.3) is 0 Å². The molecular formula is C26H32N6O. The van der Waals surface area contributed by atoms with E-state index in [9.17, 15) is 4.79 Å². The molecule has 0 aliphatic carbocycles. The number of rotatable bonds is 6. The summed E-state index contributed by atoms with van der Waals surface area (Å²) in [6.45, 7) is 10.1. The predicted octanol–water partition coefficient (Wildman–Crippen LogP) is 3.58. The number of carbonyl (C=O) groups excluding carboxylic acids is 1. The Morgan fingerprint density at radius 2 is 1.97 bits per heavy atom. The number of pyridine rings is 2. The molecule has 0 bridgehead atoms. The summed E-state index contributed by atoms with van der Waals surface area (Å²) < 4.78 is 2.14. The lowest BCUT2D eigenvalue weighted by molar-refractivity contribution is -0.136. The third-order valence-electron chi connectivity index (χ3n) is 7.18. The van der Waals surface area contributed by atoms with E-state index in [1.54, 1.807) is 12.4 Å². The molecule has 0 saturated carbocycles. The Kier molecular flexibility index (Phi) is 5.74. The number of imidazole rings is 1. The van der Waals surface area contributed by atoms with Gasteiger partial charge in [0, 0.05) is 69.0 Å². The van der Waals surface area contributed by atoms with Gasteiger partial charge >= 0.3 is 0 Å². The Labute approximate surface area is 195 Å². The maximum Gasteiger partial charge on any atom is 0.231 e. The zero-order valence-electron chi connectivity index (χ0n) is 19.7. The summed E-state index contributed by atoms with van der Waals surface area (Å²) in [6.07, 6.45) is 8.49. The van der Waals surface area contributed by atoms with Gasteiger partial charge in [0.2, 0.25) is 5.91 Å². The molecule has 7 heteroatoms. The Balaban J connectivity index is 1.43. The van der Waals surface area contributed by atoms with Crippen LogP contribution >= 0.6 is 0 Å². The van der Waals surface area contributed by atoms with Crippen molar-refractivity contribution >= 4 is 5.91 Å².